The lowest BCUT2D eigenvalue weighted by molar-refractivity contribution is -0.141. The van der Waals surface area contributed by atoms with Crippen molar-refractivity contribution in [2.75, 3.05) is 7.11 Å². The van der Waals surface area contributed by atoms with Gasteiger partial charge in [0.2, 0.25) is 0 Å². The molecule has 16 heavy (non-hydrogen) atoms. The first kappa shape index (κ1) is 12.3. The number of carboxylic acid groups (broad SMARTS) is 1. The normalized spacial score (nSPS) is 12.2. The van der Waals surface area contributed by atoms with E-state index in [4.69, 9.17) is 9.84 Å². The molecule has 0 aromatic heterocycles. The molecule has 0 amide bonds. The topological polar surface area (TPSA) is 66.8 Å². The number of hydrogen-bond donors (Lipinski definition) is 2. The number of halogens is 1. The smallest absolute Gasteiger partial charge is 0.306 e. The molecule has 0 aliphatic heterocycles. The summed E-state index contributed by atoms with van der Waals surface area (Å²) in [6.45, 7) is 1.47. The van der Waals surface area contributed by atoms with Gasteiger partial charge < -0.3 is 14.9 Å². The van der Waals surface area contributed by atoms with Crippen LogP contribution in [0.1, 0.15) is 12.5 Å². The van der Waals surface area contributed by atoms with Crippen LogP contribution in [0.3, 0.4) is 0 Å². The van der Waals surface area contributed by atoms with Crippen LogP contribution in [-0.4, -0.2) is 23.3 Å². The molecule has 5 heteroatoms. The summed E-state index contributed by atoms with van der Waals surface area (Å²) in [5, 5.41) is 18.0. The maximum absolute atomic E-state index is 13.4. The van der Waals surface area contributed by atoms with Crippen molar-refractivity contribution in [3.63, 3.8) is 0 Å². The molecule has 1 aromatic carbocycles. The Morgan fingerprint density at radius 1 is 1.56 bits per heavy atom. The summed E-state index contributed by atoms with van der Waals surface area (Å²) < 4.78 is 18.3. The molecule has 0 radical (unpaired) electrons. The molecule has 1 rings (SSSR count). The van der Waals surface area contributed by atoms with E-state index in [2.05, 4.69) is 0 Å². The standard InChI is InChI=1S/C11H13FO4/c1-6(11(14)15)3-7-4-8(16-2)5-9(13)10(7)12/h4-6,13H,3H2,1-2H3,(H,14,15). The van der Waals surface area contributed by atoms with Crippen molar-refractivity contribution < 1.29 is 24.1 Å². The van der Waals surface area contributed by atoms with E-state index < -0.39 is 23.5 Å². The van der Waals surface area contributed by atoms with Crippen molar-refractivity contribution in [3.05, 3.63) is 23.5 Å². The molecule has 4 nitrogen and oxygen atoms in total. The van der Waals surface area contributed by atoms with Crippen LogP contribution in [0.25, 0.3) is 0 Å². The molecule has 0 aliphatic rings. The molecular weight excluding hydrogens is 215 g/mol. The van der Waals surface area contributed by atoms with Crippen molar-refractivity contribution in [1.29, 1.82) is 0 Å². The second-order valence-electron chi connectivity index (χ2n) is 3.56. The Balaban J connectivity index is 3.03. The minimum absolute atomic E-state index is 0.00588. The molecule has 1 atom stereocenters. The second kappa shape index (κ2) is 4.83. The Hall–Kier alpha value is -1.78. The van der Waals surface area contributed by atoms with Gasteiger partial charge in [-0.1, -0.05) is 6.92 Å². The van der Waals surface area contributed by atoms with E-state index in [1.807, 2.05) is 0 Å². The number of aliphatic carboxylic acids is 1. The highest BCUT2D eigenvalue weighted by Gasteiger charge is 2.17. The van der Waals surface area contributed by atoms with Gasteiger partial charge in [-0.15, -0.1) is 0 Å². The molecule has 2 N–H and O–H groups in total. The molecule has 88 valence electrons. The predicted molar refractivity (Wildman–Crippen MR) is 55.1 cm³/mol. The highest BCUT2D eigenvalue weighted by Crippen LogP contribution is 2.27. The third-order valence-electron chi connectivity index (χ3n) is 2.29. The van der Waals surface area contributed by atoms with Gasteiger partial charge in [0.1, 0.15) is 5.75 Å². The minimum atomic E-state index is -1.01. The fourth-order valence-electron chi connectivity index (χ4n) is 1.32. The Morgan fingerprint density at radius 2 is 2.19 bits per heavy atom. The zero-order chi connectivity index (χ0) is 12.3. The third-order valence-corrected chi connectivity index (χ3v) is 2.29. The van der Waals surface area contributed by atoms with Crippen LogP contribution in [0.15, 0.2) is 12.1 Å². The van der Waals surface area contributed by atoms with Crippen LogP contribution in [-0.2, 0) is 11.2 Å². The van der Waals surface area contributed by atoms with Crippen LogP contribution in [0.5, 0.6) is 11.5 Å². The van der Waals surface area contributed by atoms with E-state index in [1.54, 1.807) is 0 Å². The Bertz CT molecular complexity index is 403. The number of phenols is 1. The van der Waals surface area contributed by atoms with Gasteiger partial charge in [-0.25, -0.2) is 4.39 Å². The van der Waals surface area contributed by atoms with Crippen LogP contribution in [0.2, 0.25) is 0 Å². The summed E-state index contributed by atoms with van der Waals surface area (Å²) in [4.78, 5) is 10.6. The zero-order valence-corrected chi connectivity index (χ0v) is 9.03. The summed E-state index contributed by atoms with van der Waals surface area (Å²) in [5.74, 6) is -2.77. The van der Waals surface area contributed by atoms with Crippen LogP contribution < -0.4 is 4.74 Å². The summed E-state index contributed by atoms with van der Waals surface area (Å²) in [7, 11) is 1.39. The van der Waals surface area contributed by atoms with Gasteiger partial charge in [0.15, 0.2) is 11.6 Å². The average Bonchev–Trinajstić information content (AvgIpc) is 2.24. The van der Waals surface area contributed by atoms with Gasteiger partial charge in [0.05, 0.1) is 13.0 Å². The van der Waals surface area contributed by atoms with Gasteiger partial charge >= 0.3 is 5.97 Å². The summed E-state index contributed by atoms with van der Waals surface area (Å²) >= 11 is 0. The molecule has 0 heterocycles. The molecule has 1 aromatic rings. The first-order valence-corrected chi connectivity index (χ1v) is 4.74. The van der Waals surface area contributed by atoms with Crippen molar-refractivity contribution in [2.24, 2.45) is 5.92 Å². The maximum Gasteiger partial charge on any atom is 0.306 e. The first-order chi connectivity index (χ1) is 7.45. The van der Waals surface area contributed by atoms with Gasteiger partial charge in [0.25, 0.3) is 0 Å². The minimum Gasteiger partial charge on any atom is -0.505 e. The largest absolute Gasteiger partial charge is 0.505 e. The Labute approximate surface area is 92.3 Å². The summed E-state index contributed by atoms with van der Waals surface area (Å²) in [6.07, 6.45) is 0.00588. The second-order valence-corrected chi connectivity index (χ2v) is 3.56. The van der Waals surface area contributed by atoms with Gasteiger partial charge in [-0.3, -0.25) is 4.79 Å². The van der Waals surface area contributed by atoms with Gasteiger partial charge in [0, 0.05) is 6.07 Å². The van der Waals surface area contributed by atoms with E-state index in [9.17, 15) is 14.3 Å². The number of aromatic hydroxyl groups is 1. The van der Waals surface area contributed by atoms with Crippen LogP contribution in [0, 0.1) is 11.7 Å². The SMILES string of the molecule is COc1cc(O)c(F)c(CC(C)C(=O)O)c1. The molecular formula is C11H13FO4. The highest BCUT2D eigenvalue weighted by molar-refractivity contribution is 5.70. The Morgan fingerprint density at radius 3 is 2.69 bits per heavy atom. The van der Waals surface area contributed by atoms with E-state index in [-0.39, 0.29) is 12.0 Å². The van der Waals surface area contributed by atoms with Crippen molar-refractivity contribution in [3.8, 4) is 11.5 Å². The van der Waals surface area contributed by atoms with E-state index in [1.165, 1.54) is 20.1 Å². The molecule has 1 unspecified atom stereocenters. The zero-order valence-electron chi connectivity index (χ0n) is 9.03. The number of hydrogen-bond acceptors (Lipinski definition) is 3. The molecule has 0 saturated heterocycles. The van der Waals surface area contributed by atoms with E-state index in [0.717, 1.165) is 6.07 Å². The van der Waals surface area contributed by atoms with E-state index >= 15 is 0 Å². The number of carbonyl (C=O) groups is 1. The monoisotopic (exact) mass is 228 g/mol. The number of carboxylic acids is 1. The number of methoxy groups -OCH3 is 1. The maximum atomic E-state index is 13.4. The lowest BCUT2D eigenvalue weighted by atomic mass is 10.0. The summed E-state index contributed by atoms with van der Waals surface area (Å²) in [6, 6.07) is 2.53. The highest BCUT2D eigenvalue weighted by atomic mass is 19.1. The van der Waals surface area contributed by atoms with Crippen molar-refractivity contribution in [1.82, 2.24) is 0 Å². The van der Waals surface area contributed by atoms with Gasteiger partial charge in [-0.05, 0) is 18.1 Å². The molecule has 0 fully saturated rings. The third kappa shape index (κ3) is 2.62. The number of phenolic OH excluding ortho intramolecular Hbond substituents is 1. The van der Waals surface area contributed by atoms with Crippen molar-refractivity contribution >= 4 is 5.97 Å². The quantitative estimate of drug-likeness (QED) is 0.824. The lowest BCUT2D eigenvalue weighted by Gasteiger charge is -2.10. The lowest BCUT2D eigenvalue weighted by Crippen LogP contribution is -2.13. The predicted octanol–water partition coefficient (Wildman–Crippen LogP) is 1.80. The average molecular weight is 228 g/mol. The molecule has 0 aliphatic carbocycles. The number of rotatable bonds is 4. The van der Waals surface area contributed by atoms with Crippen LogP contribution >= 0.6 is 0 Å². The Kier molecular flexibility index (Phi) is 3.71. The number of benzene rings is 1. The summed E-state index contributed by atoms with van der Waals surface area (Å²) in [5.41, 5.74) is 0.131. The first-order valence-electron chi connectivity index (χ1n) is 4.74. The van der Waals surface area contributed by atoms with Gasteiger partial charge in [-0.2, -0.15) is 0 Å². The van der Waals surface area contributed by atoms with E-state index in [0.29, 0.717) is 5.75 Å². The van der Waals surface area contributed by atoms with Crippen LogP contribution in [0.4, 0.5) is 4.39 Å². The molecule has 0 spiro atoms. The molecule has 0 bridgehead atoms. The van der Waals surface area contributed by atoms with Crippen molar-refractivity contribution in [2.45, 2.75) is 13.3 Å². The fraction of sp³-hybridized carbons (Fsp3) is 0.364. The number of ether oxygens (including phenoxy) is 1. The fourth-order valence-corrected chi connectivity index (χ4v) is 1.32. The molecule has 0 saturated carbocycles.